The summed E-state index contributed by atoms with van der Waals surface area (Å²) in [5.74, 6) is 0.455. The number of ether oxygens (including phenoxy) is 2. The largest absolute Gasteiger partial charge is 0.497 e. The second-order valence-electron chi connectivity index (χ2n) is 7.37. The lowest BCUT2D eigenvalue weighted by Gasteiger charge is -2.17. The van der Waals surface area contributed by atoms with Crippen molar-refractivity contribution in [3.63, 3.8) is 0 Å². The summed E-state index contributed by atoms with van der Waals surface area (Å²) in [6, 6.07) is 7.10. The van der Waals surface area contributed by atoms with Crippen LogP contribution in [-0.4, -0.2) is 47.7 Å². The highest BCUT2D eigenvalue weighted by Crippen LogP contribution is 2.23. The topological polar surface area (TPSA) is 94.5 Å². The molecule has 154 valence electrons. The molecule has 0 aliphatic carbocycles. The molecule has 29 heavy (non-hydrogen) atoms. The molecule has 2 aliphatic heterocycles. The number of anilines is 1. The standard InChI is InChI=1S/C21H26N4O4/c1-28-15-9-7-14(8-10-15)23-20(26)18-17-6-2-3-11-25(17)19(24-18)21(27)22-13-16-5-4-12-29-16/h7-10,16H,2-6,11-13H2,1H3,(H,22,27)(H,23,26). The van der Waals surface area contributed by atoms with Crippen LogP contribution in [0.1, 0.15) is 52.5 Å². The summed E-state index contributed by atoms with van der Waals surface area (Å²) in [4.78, 5) is 30.1. The van der Waals surface area contributed by atoms with Gasteiger partial charge in [-0.1, -0.05) is 0 Å². The van der Waals surface area contributed by atoms with Crippen LogP contribution >= 0.6 is 0 Å². The minimum Gasteiger partial charge on any atom is -0.497 e. The van der Waals surface area contributed by atoms with Crippen LogP contribution in [-0.2, 0) is 17.7 Å². The Bertz CT molecular complexity index is 885. The number of hydrogen-bond donors (Lipinski definition) is 2. The molecule has 8 heteroatoms. The summed E-state index contributed by atoms with van der Waals surface area (Å²) in [5, 5.41) is 5.78. The van der Waals surface area contributed by atoms with Gasteiger partial charge in [-0.2, -0.15) is 0 Å². The SMILES string of the molecule is COc1ccc(NC(=O)c2nc(C(=O)NCC3CCCO3)n3c2CCCC3)cc1. The van der Waals surface area contributed by atoms with Crippen LogP contribution < -0.4 is 15.4 Å². The molecule has 1 unspecified atom stereocenters. The number of nitrogens with zero attached hydrogens (tertiary/aromatic N) is 2. The molecule has 0 radical (unpaired) electrons. The van der Waals surface area contributed by atoms with E-state index in [0.717, 1.165) is 44.4 Å². The van der Waals surface area contributed by atoms with Crippen molar-refractivity contribution < 1.29 is 19.1 Å². The molecule has 1 saturated heterocycles. The molecule has 2 aromatic rings. The molecule has 1 atom stereocenters. The number of amides is 2. The van der Waals surface area contributed by atoms with E-state index in [0.29, 0.717) is 36.0 Å². The van der Waals surface area contributed by atoms with E-state index in [4.69, 9.17) is 9.47 Å². The summed E-state index contributed by atoms with van der Waals surface area (Å²) in [6.07, 6.45) is 4.72. The van der Waals surface area contributed by atoms with Crippen LogP contribution in [0.3, 0.4) is 0 Å². The Morgan fingerprint density at radius 3 is 2.76 bits per heavy atom. The maximum Gasteiger partial charge on any atom is 0.287 e. The number of hydrogen-bond acceptors (Lipinski definition) is 5. The summed E-state index contributed by atoms with van der Waals surface area (Å²) < 4.78 is 12.6. The molecule has 1 aromatic heterocycles. The Morgan fingerprint density at radius 1 is 1.21 bits per heavy atom. The van der Waals surface area contributed by atoms with Crippen LogP contribution in [0.4, 0.5) is 5.69 Å². The van der Waals surface area contributed by atoms with Gasteiger partial charge in [0.1, 0.15) is 5.75 Å². The van der Waals surface area contributed by atoms with Crippen molar-refractivity contribution >= 4 is 17.5 Å². The van der Waals surface area contributed by atoms with E-state index < -0.39 is 0 Å². The van der Waals surface area contributed by atoms with Crippen molar-refractivity contribution in [1.29, 1.82) is 0 Å². The maximum atomic E-state index is 12.9. The number of methoxy groups -OCH3 is 1. The summed E-state index contributed by atoms with van der Waals surface area (Å²) in [6.45, 7) is 1.91. The fourth-order valence-electron chi connectivity index (χ4n) is 3.85. The highest BCUT2D eigenvalue weighted by Gasteiger charge is 2.28. The summed E-state index contributed by atoms with van der Waals surface area (Å²) in [5.41, 5.74) is 1.80. The van der Waals surface area contributed by atoms with Crippen molar-refractivity contribution in [2.75, 3.05) is 25.6 Å². The molecule has 0 bridgehead atoms. The number of carbonyl (C=O) groups excluding carboxylic acids is 2. The zero-order valence-electron chi connectivity index (χ0n) is 16.6. The van der Waals surface area contributed by atoms with E-state index in [9.17, 15) is 9.59 Å². The molecule has 0 spiro atoms. The van der Waals surface area contributed by atoms with Gasteiger partial charge < -0.3 is 24.7 Å². The zero-order chi connectivity index (χ0) is 20.2. The molecule has 8 nitrogen and oxygen atoms in total. The van der Waals surface area contributed by atoms with Gasteiger partial charge in [-0.15, -0.1) is 0 Å². The lowest BCUT2D eigenvalue weighted by atomic mass is 10.1. The molecular formula is C21H26N4O4. The molecule has 0 saturated carbocycles. The first-order chi connectivity index (χ1) is 14.2. The Kier molecular flexibility index (Phi) is 5.80. The number of imidazole rings is 1. The third-order valence-electron chi connectivity index (χ3n) is 5.40. The average Bonchev–Trinajstić information content (AvgIpc) is 3.40. The van der Waals surface area contributed by atoms with Gasteiger partial charge in [-0.3, -0.25) is 9.59 Å². The van der Waals surface area contributed by atoms with Crippen molar-refractivity contribution in [3.8, 4) is 5.75 Å². The van der Waals surface area contributed by atoms with E-state index in [1.54, 1.807) is 31.4 Å². The van der Waals surface area contributed by atoms with Gasteiger partial charge in [0.05, 0.1) is 18.9 Å². The van der Waals surface area contributed by atoms with Crippen LogP contribution in [0.2, 0.25) is 0 Å². The van der Waals surface area contributed by atoms with E-state index >= 15 is 0 Å². The van der Waals surface area contributed by atoms with E-state index in [2.05, 4.69) is 15.6 Å². The first-order valence-corrected chi connectivity index (χ1v) is 10.1. The lowest BCUT2D eigenvalue weighted by molar-refractivity contribution is 0.0845. The molecule has 2 aliphatic rings. The number of carbonyl (C=O) groups is 2. The quantitative estimate of drug-likeness (QED) is 0.779. The highest BCUT2D eigenvalue weighted by molar-refractivity contribution is 6.05. The average molecular weight is 398 g/mol. The molecular weight excluding hydrogens is 372 g/mol. The lowest BCUT2D eigenvalue weighted by Crippen LogP contribution is -2.34. The minimum absolute atomic E-state index is 0.0626. The third-order valence-corrected chi connectivity index (χ3v) is 5.40. The van der Waals surface area contributed by atoms with Crippen molar-refractivity contribution in [1.82, 2.24) is 14.9 Å². The summed E-state index contributed by atoms with van der Waals surface area (Å²) >= 11 is 0. The Morgan fingerprint density at radius 2 is 2.03 bits per heavy atom. The Balaban J connectivity index is 1.51. The molecule has 1 fully saturated rings. The Hall–Kier alpha value is -2.87. The Labute approximate surface area is 169 Å². The fraction of sp³-hybridized carbons (Fsp3) is 0.476. The number of fused-ring (bicyclic) bond motifs is 1. The van der Waals surface area contributed by atoms with Crippen LogP contribution in [0.5, 0.6) is 5.75 Å². The summed E-state index contributed by atoms with van der Waals surface area (Å²) in [7, 11) is 1.59. The maximum absolute atomic E-state index is 12.9. The van der Waals surface area contributed by atoms with E-state index in [1.165, 1.54) is 0 Å². The van der Waals surface area contributed by atoms with Gasteiger partial charge in [0, 0.05) is 25.4 Å². The predicted molar refractivity (Wildman–Crippen MR) is 107 cm³/mol. The van der Waals surface area contributed by atoms with Crippen LogP contribution in [0.25, 0.3) is 0 Å². The van der Waals surface area contributed by atoms with E-state index in [1.807, 2.05) is 4.57 Å². The number of aromatic nitrogens is 2. The number of rotatable bonds is 6. The second-order valence-corrected chi connectivity index (χ2v) is 7.37. The van der Waals surface area contributed by atoms with Gasteiger partial charge in [0.2, 0.25) is 0 Å². The zero-order valence-corrected chi connectivity index (χ0v) is 16.6. The number of benzene rings is 1. The predicted octanol–water partition coefficient (Wildman–Crippen LogP) is 2.39. The van der Waals surface area contributed by atoms with Gasteiger partial charge in [-0.25, -0.2) is 4.98 Å². The molecule has 1 aromatic carbocycles. The fourth-order valence-corrected chi connectivity index (χ4v) is 3.85. The van der Waals surface area contributed by atoms with E-state index in [-0.39, 0.29) is 17.9 Å². The third kappa shape index (κ3) is 4.27. The van der Waals surface area contributed by atoms with Crippen molar-refractivity contribution in [3.05, 3.63) is 41.5 Å². The van der Waals surface area contributed by atoms with Gasteiger partial charge >= 0.3 is 0 Å². The van der Waals surface area contributed by atoms with Crippen LogP contribution in [0.15, 0.2) is 24.3 Å². The highest BCUT2D eigenvalue weighted by atomic mass is 16.5. The minimum atomic E-state index is -0.306. The van der Waals surface area contributed by atoms with Gasteiger partial charge in [0.25, 0.3) is 11.8 Å². The van der Waals surface area contributed by atoms with Crippen molar-refractivity contribution in [2.24, 2.45) is 0 Å². The number of nitrogens with one attached hydrogen (secondary N) is 2. The van der Waals surface area contributed by atoms with Crippen LogP contribution in [0, 0.1) is 0 Å². The first-order valence-electron chi connectivity index (χ1n) is 10.1. The second kappa shape index (κ2) is 8.65. The molecule has 3 heterocycles. The van der Waals surface area contributed by atoms with Crippen molar-refractivity contribution in [2.45, 2.75) is 44.8 Å². The molecule has 2 amide bonds. The first kappa shape index (κ1) is 19.4. The molecule has 2 N–H and O–H groups in total. The smallest absolute Gasteiger partial charge is 0.287 e. The normalized spacial score (nSPS) is 18.2. The monoisotopic (exact) mass is 398 g/mol. The van der Waals surface area contributed by atoms with Gasteiger partial charge in [-0.05, 0) is 56.4 Å². The molecule has 4 rings (SSSR count). The van der Waals surface area contributed by atoms with Gasteiger partial charge in [0.15, 0.2) is 11.5 Å².